The van der Waals surface area contributed by atoms with E-state index < -0.39 is 11.4 Å². The predicted molar refractivity (Wildman–Crippen MR) is 106 cm³/mol. The zero-order chi connectivity index (χ0) is 19.0. The lowest BCUT2D eigenvalue weighted by Crippen LogP contribution is -2.25. The highest BCUT2D eigenvalue weighted by molar-refractivity contribution is 7.91. The van der Waals surface area contributed by atoms with Gasteiger partial charge in [-0.05, 0) is 56.2 Å². The van der Waals surface area contributed by atoms with Gasteiger partial charge in [-0.3, -0.25) is 4.98 Å². The molecule has 2 rings (SSSR count). The first kappa shape index (κ1) is 20.4. The number of hydrogen-bond donors (Lipinski definition) is 0. The number of hydrogen-bond acceptors (Lipinski definition) is 5. The lowest BCUT2D eigenvalue weighted by Gasteiger charge is -2.17. The van der Waals surface area contributed by atoms with E-state index in [9.17, 15) is 4.55 Å². The molecule has 140 valence electrons. The first-order chi connectivity index (χ1) is 12.4. The third-order valence-electron chi connectivity index (χ3n) is 3.58. The van der Waals surface area contributed by atoms with Gasteiger partial charge in [-0.25, -0.2) is 0 Å². The van der Waals surface area contributed by atoms with E-state index in [4.69, 9.17) is 9.47 Å². The first-order valence-electron chi connectivity index (χ1n) is 8.47. The summed E-state index contributed by atoms with van der Waals surface area (Å²) < 4.78 is 26.6. The Kier molecular flexibility index (Phi) is 7.63. The summed E-state index contributed by atoms with van der Waals surface area (Å²) in [7, 11) is 1.65. The van der Waals surface area contributed by atoms with E-state index in [0.29, 0.717) is 19.6 Å². The highest BCUT2D eigenvalue weighted by Crippen LogP contribution is 2.16. The summed E-state index contributed by atoms with van der Waals surface area (Å²) in [5, 5.41) is 0. The molecule has 0 aliphatic rings. The van der Waals surface area contributed by atoms with Gasteiger partial charge in [-0.1, -0.05) is 16.5 Å². The van der Waals surface area contributed by atoms with Crippen molar-refractivity contribution in [3.63, 3.8) is 0 Å². The van der Waals surface area contributed by atoms with E-state index in [1.165, 1.54) is 0 Å². The minimum absolute atomic E-state index is 0.338. The molecule has 0 saturated heterocycles. The van der Waals surface area contributed by atoms with Crippen LogP contribution < -0.4 is 4.74 Å². The third-order valence-corrected chi connectivity index (χ3v) is 4.97. The van der Waals surface area contributed by atoms with Gasteiger partial charge in [-0.15, -0.1) is 0 Å². The second-order valence-corrected chi connectivity index (χ2v) is 8.78. The fraction of sp³-hybridized carbons (Fsp3) is 0.400. The van der Waals surface area contributed by atoms with Crippen LogP contribution in [-0.2, 0) is 35.7 Å². The molecule has 2 aromatic rings. The molecule has 1 aromatic carbocycles. The number of ether oxygens (including phenoxy) is 2. The smallest absolute Gasteiger partial charge is 0.144 e. The fourth-order valence-electron chi connectivity index (χ4n) is 2.10. The Morgan fingerprint density at radius 2 is 1.85 bits per heavy atom. The van der Waals surface area contributed by atoms with Gasteiger partial charge in [0.05, 0.1) is 32.2 Å². The van der Waals surface area contributed by atoms with Crippen molar-refractivity contribution < 1.29 is 14.0 Å². The molecule has 0 aliphatic carbocycles. The topological polar surface area (TPSA) is 66.8 Å². The Balaban J connectivity index is 1.83. The molecule has 0 aliphatic heterocycles. The van der Waals surface area contributed by atoms with Crippen molar-refractivity contribution in [3.05, 3.63) is 59.4 Å². The molecule has 0 bridgehead atoms. The van der Waals surface area contributed by atoms with Crippen molar-refractivity contribution in [2.75, 3.05) is 7.11 Å². The molecule has 0 N–H and O–H groups in total. The van der Waals surface area contributed by atoms with Crippen LogP contribution in [0.5, 0.6) is 5.75 Å². The summed E-state index contributed by atoms with van der Waals surface area (Å²) in [6, 6.07) is 11.7. The van der Waals surface area contributed by atoms with Crippen molar-refractivity contribution in [3.8, 4) is 5.75 Å². The van der Waals surface area contributed by atoms with Crippen LogP contribution in [0.3, 0.4) is 0 Å². The van der Waals surface area contributed by atoms with Gasteiger partial charge in [0.2, 0.25) is 0 Å². The molecule has 0 spiro atoms. The molecule has 26 heavy (non-hydrogen) atoms. The average molecular weight is 375 g/mol. The Morgan fingerprint density at radius 1 is 1.12 bits per heavy atom. The Morgan fingerprint density at radius 3 is 2.50 bits per heavy atom. The zero-order valence-electron chi connectivity index (χ0n) is 15.8. The standard InChI is InChI=1S/C20H26N2O3S/c1-20(2,3)26(23)22-12-10-16-9-11-21-18(13-16)15-25-14-17-5-7-19(24-4)8-6-17/h5-9,11-13H,10,14-15H2,1-4H3/t26-/m1/s1. The van der Waals surface area contributed by atoms with Crippen LogP contribution in [0.2, 0.25) is 0 Å². The van der Waals surface area contributed by atoms with Crippen molar-refractivity contribution >= 4 is 17.6 Å². The maximum atomic E-state index is 11.9. The molecule has 0 unspecified atom stereocenters. The summed E-state index contributed by atoms with van der Waals surface area (Å²) in [6.45, 7) is 6.67. The second kappa shape index (κ2) is 9.71. The highest BCUT2D eigenvalue weighted by Gasteiger charge is 2.25. The second-order valence-electron chi connectivity index (χ2n) is 6.85. The summed E-state index contributed by atoms with van der Waals surface area (Å²) in [4.78, 5) is 4.33. The predicted octanol–water partition coefficient (Wildman–Crippen LogP) is 3.88. The molecule has 0 amide bonds. The number of aromatic nitrogens is 1. The maximum Gasteiger partial charge on any atom is 0.144 e. The number of benzene rings is 1. The normalized spacial score (nSPS) is 13.1. The summed E-state index contributed by atoms with van der Waals surface area (Å²) in [5.41, 5.74) is 3.01. The first-order valence-corrected chi connectivity index (χ1v) is 9.58. The van der Waals surface area contributed by atoms with Crippen LogP contribution >= 0.6 is 0 Å². The number of methoxy groups -OCH3 is 1. The lowest BCUT2D eigenvalue weighted by molar-refractivity contribution is 0.104. The van der Waals surface area contributed by atoms with Gasteiger partial charge in [-0.2, -0.15) is 0 Å². The lowest BCUT2D eigenvalue weighted by atomic mass is 10.2. The molecule has 0 radical (unpaired) electrons. The van der Waals surface area contributed by atoms with E-state index in [1.54, 1.807) is 19.5 Å². The van der Waals surface area contributed by atoms with Crippen molar-refractivity contribution in [2.45, 2.75) is 45.2 Å². The van der Waals surface area contributed by atoms with Crippen molar-refractivity contribution in [2.24, 2.45) is 4.40 Å². The summed E-state index contributed by atoms with van der Waals surface area (Å²) >= 11 is -1.22. The van der Waals surface area contributed by atoms with Gasteiger partial charge in [0.1, 0.15) is 21.9 Å². The monoisotopic (exact) mass is 374 g/mol. The van der Waals surface area contributed by atoms with Gasteiger partial charge in [0, 0.05) is 12.6 Å². The number of nitrogens with zero attached hydrogens (tertiary/aromatic N) is 2. The SMILES string of the molecule is COc1ccc(COCc2cc(CC=N[S@+]([O-])C(C)(C)C)ccn2)cc1. The molecule has 1 aromatic heterocycles. The van der Waals surface area contributed by atoms with E-state index in [0.717, 1.165) is 22.6 Å². The van der Waals surface area contributed by atoms with Crippen LogP contribution in [0.25, 0.3) is 0 Å². The van der Waals surface area contributed by atoms with Crippen LogP contribution in [0.15, 0.2) is 47.0 Å². The summed E-state index contributed by atoms with van der Waals surface area (Å²) in [6.07, 6.45) is 4.09. The van der Waals surface area contributed by atoms with E-state index in [1.807, 2.05) is 57.2 Å². The van der Waals surface area contributed by atoms with Crippen LogP contribution in [0.4, 0.5) is 0 Å². The van der Waals surface area contributed by atoms with Crippen LogP contribution in [0, 0.1) is 0 Å². The molecule has 1 atom stereocenters. The minimum Gasteiger partial charge on any atom is -0.591 e. The molecule has 0 fully saturated rings. The Labute approximate surface area is 158 Å². The van der Waals surface area contributed by atoms with Gasteiger partial charge >= 0.3 is 0 Å². The quantitative estimate of drug-likeness (QED) is 0.519. The van der Waals surface area contributed by atoms with E-state index >= 15 is 0 Å². The molecule has 0 saturated carbocycles. The highest BCUT2D eigenvalue weighted by atomic mass is 32.2. The van der Waals surface area contributed by atoms with Crippen LogP contribution in [-0.4, -0.2) is 27.6 Å². The largest absolute Gasteiger partial charge is 0.591 e. The average Bonchev–Trinajstić information content (AvgIpc) is 2.62. The van der Waals surface area contributed by atoms with E-state index in [-0.39, 0.29) is 4.75 Å². The summed E-state index contributed by atoms with van der Waals surface area (Å²) in [5.74, 6) is 0.831. The molecular weight excluding hydrogens is 348 g/mol. The van der Waals surface area contributed by atoms with Crippen molar-refractivity contribution in [1.29, 1.82) is 0 Å². The molecule has 1 heterocycles. The Hall–Kier alpha value is -1.89. The maximum absolute atomic E-state index is 11.9. The van der Waals surface area contributed by atoms with Crippen LogP contribution in [0.1, 0.15) is 37.6 Å². The minimum atomic E-state index is -1.22. The fourth-order valence-corrected chi connectivity index (χ4v) is 2.62. The zero-order valence-corrected chi connectivity index (χ0v) is 16.6. The molecular formula is C20H26N2O3S. The number of pyridine rings is 1. The number of rotatable bonds is 8. The third kappa shape index (κ3) is 6.78. The van der Waals surface area contributed by atoms with Gasteiger partial charge in [0.15, 0.2) is 0 Å². The van der Waals surface area contributed by atoms with Gasteiger partial charge < -0.3 is 14.0 Å². The van der Waals surface area contributed by atoms with Gasteiger partial charge in [0.25, 0.3) is 0 Å². The molecule has 6 heteroatoms. The molecule has 5 nitrogen and oxygen atoms in total. The van der Waals surface area contributed by atoms with E-state index in [2.05, 4.69) is 9.38 Å². The van der Waals surface area contributed by atoms with Crippen molar-refractivity contribution in [1.82, 2.24) is 4.98 Å². The Bertz CT molecular complexity index is 712.